The minimum absolute atomic E-state index is 0.148. The lowest BCUT2D eigenvalue weighted by Gasteiger charge is -2.24. The number of hydrogen-bond acceptors (Lipinski definition) is 2. The highest BCUT2D eigenvalue weighted by atomic mass is 19.1. The van der Waals surface area contributed by atoms with E-state index in [1.807, 2.05) is 12.1 Å². The molecule has 1 aliphatic rings. The van der Waals surface area contributed by atoms with Gasteiger partial charge >= 0.3 is 0 Å². The molecule has 76 valence electrons. The Labute approximate surface area is 83.1 Å². The summed E-state index contributed by atoms with van der Waals surface area (Å²) in [4.78, 5) is 0. The zero-order chi connectivity index (χ0) is 9.97. The lowest BCUT2D eigenvalue weighted by molar-refractivity contribution is 0.0768. The highest BCUT2D eigenvalue weighted by Crippen LogP contribution is 2.18. The third-order valence-corrected chi connectivity index (χ3v) is 2.51. The molecule has 0 aliphatic carbocycles. The standard InChI is InChI=1S/C11H14FNO/c1-8-6-9(2-3-10(8)12)11-7-14-5-4-13-11/h2-3,6,11,13H,4-5,7H2,1H3/t11-/m0/s1. The van der Waals surface area contributed by atoms with Crippen LogP contribution < -0.4 is 5.32 Å². The maximum Gasteiger partial charge on any atom is 0.126 e. The van der Waals surface area contributed by atoms with Crippen LogP contribution in [0, 0.1) is 12.7 Å². The molecule has 1 aromatic carbocycles. The summed E-state index contributed by atoms with van der Waals surface area (Å²) in [6.07, 6.45) is 0. The molecular weight excluding hydrogens is 181 g/mol. The molecule has 3 heteroatoms. The van der Waals surface area contributed by atoms with Gasteiger partial charge in [0.2, 0.25) is 0 Å². The minimum Gasteiger partial charge on any atom is -0.378 e. The molecule has 14 heavy (non-hydrogen) atoms. The number of rotatable bonds is 1. The molecule has 1 N–H and O–H groups in total. The monoisotopic (exact) mass is 195 g/mol. The first-order valence-electron chi connectivity index (χ1n) is 4.84. The number of benzene rings is 1. The molecule has 0 spiro atoms. The fourth-order valence-electron chi connectivity index (χ4n) is 1.66. The number of nitrogens with one attached hydrogen (secondary N) is 1. The summed E-state index contributed by atoms with van der Waals surface area (Å²) >= 11 is 0. The Morgan fingerprint density at radius 2 is 2.36 bits per heavy atom. The molecular formula is C11H14FNO. The molecule has 0 radical (unpaired) electrons. The highest BCUT2D eigenvalue weighted by Gasteiger charge is 2.15. The summed E-state index contributed by atoms with van der Waals surface area (Å²) in [6, 6.07) is 5.42. The Hall–Kier alpha value is -0.930. The van der Waals surface area contributed by atoms with Gasteiger partial charge in [-0.15, -0.1) is 0 Å². The van der Waals surface area contributed by atoms with Crippen LogP contribution in [0.1, 0.15) is 17.2 Å². The van der Waals surface area contributed by atoms with Crippen molar-refractivity contribution in [3.05, 3.63) is 35.1 Å². The second kappa shape index (κ2) is 4.07. The second-order valence-electron chi connectivity index (χ2n) is 3.59. The quantitative estimate of drug-likeness (QED) is 0.737. The SMILES string of the molecule is Cc1cc([C@@H]2COCCN2)ccc1F. The van der Waals surface area contributed by atoms with Crippen molar-refractivity contribution in [2.45, 2.75) is 13.0 Å². The molecule has 0 unspecified atom stereocenters. The van der Waals surface area contributed by atoms with Crippen molar-refractivity contribution in [3.63, 3.8) is 0 Å². The van der Waals surface area contributed by atoms with E-state index in [2.05, 4.69) is 5.32 Å². The molecule has 1 heterocycles. The number of morpholine rings is 1. The fourth-order valence-corrected chi connectivity index (χ4v) is 1.66. The van der Waals surface area contributed by atoms with Crippen molar-refractivity contribution in [1.82, 2.24) is 5.32 Å². The molecule has 1 atom stereocenters. The van der Waals surface area contributed by atoms with Crippen LogP contribution in [-0.4, -0.2) is 19.8 Å². The van der Waals surface area contributed by atoms with Crippen molar-refractivity contribution in [1.29, 1.82) is 0 Å². The second-order valence-corrected chi connectivity index (χ2v) is 3.59. The Morgan fingerprint density at radius 1 is 1.50 bits per heavy atom. The van der Waals surface area contributed by atoms with Crippen molar-refractivity contribution in [2.24, 2.45) is 0 Å². The molecule has 2 rings (SSSR count). The van der Waals surface area contributed by atoms with Crippen molar-refractivity contribution in [3.8, 4) is 0 Å². The smallest absolute Gasteiger partial charge is 0.126 e. The maximum absolute atomic E-state index is 13.0. The molecule has 2 nitrogen and oxygen atoms in total. The van der Waals surface area contributed by atoms with Gasteiger partial charge in [-0.2, -0.15) is 0 Å². The van der Waals surface area contributed by atoms with Gasteiger partial charge in [0.05, 0.1) is 19.3 Å². The van der Waals surface area contributed by atoms with Crippen LogP contribution in [-0.2, 0) is 4.74 Å². The molecule has 0 aromatic heterocycles. The van der Waals surface area contributed by atoms with Crippen molar-refractivity contribution < 1.29 is 9.13 Å². The van der Waals surface area contributed by atoms with Gasteiger partial charge in [0.25, 0.3) is 0 Å². The van der Waals surface area contributed by atoms with Gasteiger partial charge in [0.15, 0.2) is 0 Å². The number of aryl methyl sites for hydroxylation is 1. The summed E-state index contributed by atoms with van der Waals surface area (Å²) in [5, 5.41) is 3.33. The average molecular weight is 195 g/mol. The summed E-state index contributed by atoms with van der Waals surface area (Å²) in [7, 11) is 0. The van der Waals surface area contributed by atoms with Gasteiger partial charge in [-0.1, -0.05) is 12.1 Å². The average Bonchev–Trinajstić information content (AvgIpc) is 2.23. The van der Waals surface area contributed by atoms with E-state index < -0.39 is 0 Å². The van der Waals surface area contributed by atoms with Gasteiger partial charge < -0.3 is 10.1 Å². The van der Waals surface area contributed by atoms with Crippen molar-refractivity contribution in [2.75, 3.05) is 19.8 Å². The van der Waals surface area contributed by atoms with Crippen LogP contribution in [0.3, 0.4) is 0 Å². The van der Waals surface area contributed by atoms with Crippen LogP contribution in [0.15, 0.2) is 18.2 Å². The number of hydrogen-bond donors (Lipinski definition) is 1. The van der Waals surface area contributed by atoms with E-state index in [-0.39, 0.29) is 11.9 Å². The zero-order valence-corrected chi connectivity index (χ0v) is 8.22. The van der Waals surface area contributed by atoms with E-state index in [1.54, 1.807) is 6.92 Å². The highest BCUT2D eigenvalue weighted by molar-refractivity contribution is 5.26. The van der Waals surface area contributed by atoms with Gasteiger partial charge in [-0.05, 0) is 24.1 Å². The Balaban J connectivity index is 2.18. The molecule has 0 saturated carbocycles. The first kappa shape index (κ1) is 9.62. The predicted octanol–water partition coefficient (Wildman–Crippen LogP) is 1.80. The van der Waals surface area contributed by atoms with E-state index in [9.17, 15) is 4.39 Å². The summed E-state index contributed by atoms with van der Waals surface area (Å²) < 4.78 is 18.4. The first-order chi connectivity index (χ1) is 6.77. The van der Waals surface area contributed by atoms with Crippen LogP contribution in [0.4, 0.5) is 4.39 Å². The number of halogens is 1. The van der Waals surface area contributed by atoms with Gasteiger partial charge in [0.1, 0.15) is 5.82 Å². The molecule has 0 amide bonds. The maximum atomic E-state index is 13.0. The van der Waals surface area contributed by atoms with Crippen LogP contribution in [0.25, 0.3) is 0 Å². The topological polar surface area (TPSA) is 21.3 Å². The Bertz CT molecular complexity index is 321. The third-order valence-electron chi connectivity index (χ3n) is 2.51. The molecule has 1 aromatic rings. The molecule has 1 fully saturated rings. The van der Waals surface area contributed by atoms with Gasteiger partial charge in [-0.3, -0.25) is 0 Å². The van der Waals surface area contributed by atoms with E-state index in [0.717, 1.165) is 18.7 Å². The zero-order valence-electron chi connectivity index (χ0n) is 8.22. The summed E-state index contributed by atoms with van der Waals surface area (Å²) in [6.45, 7) is 4.07. The lowest BCUT2D eigenvalue weighted by Crippen LogP contribution is -2.34. The normalized spacial score (nSPS) is 22.3. The summed E-state index contributed by atoms with van der Waals surface area (Å²) in [5.74, 6) is -0.148. The Morgan fingerprint density at radius 3 is 3.00 bits per heavy atom. The molecule has 1 aliphatic heterocycles. The Kier molecular flexibility index (Phi) is 2.79. The van der Waals surface area contributed by atoms with Crippen LogP contribution in [0.2, 0.25) is 0 Å². The third kappa shape index (κ3) is 1.94. The minimum atomic E-state index is -0.148. The van der Waals surface area contributed by atoms with E-state index in [4.69, 9.17) is 4.74 Å². The number of ether oxygens (including phenoxy) is 1. The molecule has 1 saturated heterocycles. The van der Waals surface area contributed by atoms with Crippen molar-refractivity contribution >= 4 is 0 Å². The van der Waals surface area contributed by atoms with E-state index in [1.165, 1.54) is 6.07 Å². The van der Waals surface area contributed by atoms with Crippen LogP contribution in [0.5, 0.6) is 0 Å². The summed E-state index contributed by atoms with van der Waals surface area (Å²) in [5.41, 5.74) is 1.79. The van der Waals surface area contributed by atoms with Crippen LogP contribution >= 0.6 is 0 Å². The lowest BCUT2D eigenvalue weighted by atomic mass is 10.0. The first-order valence-corrected chi connectivity index (χ1v) is 4.84. The van der Waals surface area contributed by atoms with E-state index >= 15 is 0 Å². The largest absolute Gasteiger partial charge is 0.378 e. The van der Waals surface area contributed by atoms with E-state index in [0.29, 0.717) is 12.2 Å². The fraction of sp³-hybridized carbons (Fsp3) is 0.455. The predicted molar refractivity (Wildman–Crippen MR) is 52.7 cm³/mol. The molecule has 0 bridgehead atoms. The van der Waals surface area contributed by atoms with Gasteiger partial charge in [0, 0.05) is 6.54 Å². The van der Waals surface area contributed by atoms with Gasteiger partial charge in [-0.25, -0.2) is 4.39 Å².